The Morgan fingerprint density at radius 3 is 2.04 bits per heavy atom. The van der Waals surface area contributed by atoms with Gasteiger partial charge in [0.1, 0.15) is 19.9 Å². The second kappa shape index (κ2) is 10.4. The van der Waals surface area contributed by atoms with E-state index in [4.69, 9.17) is 18.0 Å². The number of hydrogen-bond acceptors (Lipinski definition) is 5. The molecule has 0 saturated heterocycles. The summed E-state index contributed by atoms with van der Waals surface area (Å²) in [5, 5.41) is 26.2. The maximum atomic E-state index is 12.4. The Balaban J connectivity index is 1.72. The number of nitrogens with two attached hydrogens (primary N) is 2. The number of nitrogen functional groups attached to an aromatic ring is 2. The third kappa shape index (κ3) is 3.79. The molecular weight excluding hydrogens is 568 g/mol. The third-order valence-electron chi connectivity index (χ3n) is 8.93. The number of nitrogens with zero attached hydrogens (tertiary/aromatic N) is 4. The Labute approximate surface area is 267 Å². The van der Waals surface area contributed by atoms with Crippen molar-refractivity contribution < 1.29 is 9.68 Å². The zero-order valence-electron chi connectivity index (χ0n) is 26.0. The highest BCUT2D eigenvalue weighted by molar-refractivity contribution is 6.27. The molecule has 0 bridgehead atoms. The number of allylic oxidation sites excluding steroid dienone is 3. The van der Waals surface area contributed by atoms with Gasteiger partial charge in [0, 0.05) is 75.0 Å². The Hall–Kier alpha value is -6.31. The summed E-state index contributed by atoms with van der Waals surface area (Å²) in [6.45, 7) is 8.08. The highest BCUT2D eigenvalue weighted by atomic mass is 16.3. The second-order valence-electron chi connectivity index (χ2n) is 11.9. The molecule has 5 aromatic carbocycles. The first-order valence-electron chi connectivity index (χ1n) is 14.9. The SMILES string of the molecule is [C-]#[N+]C(C#N)=C1C(c2c3ccccc3c(N(C)C)c3cccc(N)c23)=C(O)/C1=C1\c2ccccc2C(=[N+](C)C)c2cccc(N)c21. The zero-order chi connectivity index (χ0) is 32.4. The number of aliphatic hydroxyl groups is 1. The van der Waals surface area contributed by atoms with Crippen molar-refractivity contribution in [1.29, 1.82) is 5.26 Å². The lowest BCUT2D eigenvalue weighted by atomic mass is 9.69. The second-order valence-corrected chi connectivity index (χ2v) is 11.9. The smallest absolute Gasteiger partial charge is 0.270 e. The number of benzene rings is 5. The monoisotopic (exact) mass is 599 g/mol. The van der Waals surface area contributed by atoms with Crippen LogP contribution in [0.5, 0.6) is 0 Å². The minimum absolute atomic E-state index is 0.00832. The van der Waals surface area contributed by atoms with Crippen LogP contribution in [0.4, 0.5) is 17.1 Å². The van der Waals surface area contributed by atoms with E-state index >= 15 is 0 Å². The average Bonchev–Trinajstić information content (AvgIpc) is 3.04. The van der Waals surface area contributed by atoms with E-state index in [0.29, 0.717) is 39.2 Å². The number of fused-ring (bicyclic) bond motifs is 4. The summed E-state index contributed by atoms with van der Waals surface area (Å²) < 4.78 is 2.06. The maximum Gasteiger partial charge on any atom is 0.270 e. The molecule has 0 radical (unpaired) electrons. The highest BCUT2D eigenvalue weighted by Gasteiger charge is 2.42. The molecule has 7 nitrogen and oxygen atoms in total. The van der Waals surface area contributed by atoms with E-state index in [0.717, 1.165) is 55.2 Å². The molecule has 46 heavy (non-hydrogen) atoms. The average molecular weight is 600 g/mol. The summed E-state index contributed by atoms with van der Waals surface area (Å²) in [6.07, 6.45) is 0. The molecule has 0 fully saturated rings. The van der Waals surface area contributed by atoms with Crippen molar-refractivity contribution in [1.82, 2.24) is 0 Å². The fraction of sp³-hybridized carbons (Fsp3) is 0.103. The van der Waals surface area contributed by atoms with Crippen LogP contribution >= 0.6 is 0 Å². The van der Waals surface area contributed by atoms with E-state index in [1.54, 1.807) is 0 Å². The first-order chi connectivity index (χ1) is 22.2. The van der Waals surface area contributed by atoms with Crippen molar-refractivity contribution in [2.24, 2.45) is 0 Å². The van der Waals surface area contributed by atoms with Crippen LogP contribution in [0, 0.1) is 17.9 Å². The van der Waals surface area contributed by atoms with Crippen LogP contribution < -0.4 is 16.4 Å². The molecular formula is C39H31N6O+. The molecule has 0 heterocycles. The van der Waals surface area contributed by atoms with Gasteiger partial charge in [0.05, 0.1) is 29.5 Å². The number of rotatable bonds is 2. The van der Waals surface area contributed by atoms with Gasteiger partial charge in [-0.3, -0.25) is 0 Å². The van der Waals surface area contributed by atoms with E-state index in [-0.39, 0.29) is 11.5 Å². The predicted molar refractivity (Wildman–Crippen MR) is 188 cm³/mol. The molecule has 7 rings (SSSR count). The lowest BCUT2D eigenvalue weighted by Crippen LogP contribution is -2.26. The molecule has 0 aliphatic heterocycles. The van der Waals surface area contributed by atoms with Gasteiger partial charge in [-0.05, 0) is 35.2 Å². The molecule has 0 spiro atoms. The van der Waals surface area contributed by atoms with E-state index in [1.807, 2.05) is 113 Å². The van der Waals surface area contributed by atoms with Gasteiger partial charge >= 0.3 is 0 Å². The van der Waals surface area contributed by atoms with Gasteiger partial charge < -0.3 is 21.5 Å². The summed E-state index contributed by atoms with van der Waals surface area (Å²) in [5.41, 5.74) is 22.5. The minimum Gasteiger partial charge on any atom is -0.507 e. The van der Waals surface area contributed by atoms with E-state index in [2.05, 4.69) is 20.4 Å². The summed E-state index contributed by atoms with van der Waals surface area (Å²) >= 11 is 0. The van der Waals surface area contributed by atoms with Gasteiger partial charge in [-0.25, -0.2) is 14.7 Å². The molecule has 0 saturated carbocycles. The molecule has 7 heteroatoms. The van der Waals surface area contributed by atoms with Crippen molar-refractivity contribution >= 4 is 55.5 Å². The van der Waals surface area contributed by atoms with Crippen LogP contribution in [-0.2, 0) is 0 Å². The first-order valence-corrected chi connectivity index (χ1v) is 14.9. The molecule has 2 aliphatic rings. The molecule has 0 amide bonds. The number of anilines is 3. The molecule has 5 aromatic rings. The Bertz CT molecular complexity index is 2390. The predicted octanol–water partition coefficient (Wildman–Crippen LogP) is 7.13. The van der Waals surface area contributed by atoms with Crippen LogP contribution in [0.3, 0.4) is 0 Å². The minimum atomic E-state index is -0.116. The quantitative estimate of drug-likeness (QED) is 0.0646. The number of nitriles is 1. The molecule has 5 N–H and O–H groups in total. The fourth-order valence-corrected chi connectivity index (χ4v) is 7.24. The summed E-state index contributed by atoms with van der Waals surface area (Å²) in [7, 11) is 7.97. The van der Waals surface area contributed by atoms with Crippen LogP contribution in [0.2, 0.25) is 0 Å². The number of aliphatic hydroxyl groups excluding tert-OH is 1. The van der Waals surface area contributed by atoms with Crippen LogP contribution in [0.25, 0.3) is 37.5 Å². The van der Waals surface area contributed by atoms with Crippen molar-refractivity contribution in [2.45, 2.75) is 0 Å². The van der Waals surface area contributed by atoms with E-state index in [9.17, 15) is 10.4 Å². The van der Waals surface area contributed by atoms with Crippen molar-refractivity contribution in [2.75, 3.05) is 44.6 Å². The Kier molecular flexibility index (Phi) is 6.44. The van der Waals surface area contributed by atoms with Gasteiger partial charge in [0.2, 0.25) is 5.71 Å². The topological polar surface area (TPSA) is 107 Å². The standard InChI is InChI=1S/C39H30N6O/c1-43-29(20-40)34-35(32-21-12-6-8-14-23(21)37(44(2)3)25-16-10-18-27(41)30(25)32)39(46)36(34)33-22-13-7-9-15-24(22)38(45(4)5)26-17-11-19-28(42)31(26)33/h6-19H,41-42H2,2-5H3/p+1. The molecule has 0 atom stereocenters. The highest BCUT2D eigenvalue weighted by Crippen LogP contribution is 2.57. The van der Waals surface area contributed by atoms with Crippen molar-refractivity contribution in [3.05, 3.63) is 147 Å². The van der Waals surface area contributed by atoms with Gasteiger partial charge in [-0.2, -0.15) is 0 Å². The summed E-state index contributed by atoms with van der Waals surface area (Å²) in [4.78, 5) is 5.75. The summed E-state index contributed by atoms with van der Waals surface area (Å²) in [6, 6.07) is 29.6. The van der Waals surface area contributed by atoms with Crippen molar-refractivity contribution in [3.63, 3.8) is 0 Å². The Morgan fingerprint density at radius 1 is 0.761 bits per heavy atom. The maximum absolute atomic E-state index is 12.4. The lowest BCUT2D eigenvalue weighted by Gasteiger charge is -2.35. The van der Waals surface area contributed by atoms with Gasteiger partial charge in [-0.1, -0.05) is 60.7 Å². The van der Waals surface area contributed by atoms with Gasteiger partial charge in [-0.15, -0.1) is 0 Å². The van der Waals surface area contributed by atoms with E-state index < -0.39 is 0 Å². The fourth-order valence-electron chi connectivity index (χ4n) is 7.24. The summed E-state index contributed by atoms with van der Waals surface area (Å²) in [5.74, 6) is -0.00832. The van der Waals surface area contributed by atoms with Crippen LogP contribution in [0.15, 0.2) is 108 Å². The largest absolute Gasteiger partial charge is 0.507 e. The molecule has 2 aliphatic carbocycles. The van der Waals surface area contributed by atoms with Crippen LogP contribution in [0.1, 0.15) is 27.8 Å². The van der Waals surface area contributed by atoms with Gasteiger partial charge in [0.25, 0.3) is 5.70 Å². The van der Waals surface area contributed by atoms with Crippen molar-refractivity contribution in [3.8, 4) is 6.07 Å². The van der Waals surface area contributed by atoms with Crippen LogP contribution in [-0.4, -0.2) is 43.6 Å². The zero-order valence-corrected chi connectivity index (χ0v) is 26.0. The third-order valence-corrected chi connectivity index (χ3v) is 8.93. The first kappa shape index (κ1) is 28.5. The molecule has 222 valence electrons. The van der Waals surface area contributed by atoms with Gasteiger partial charge in [0.15, 0.2) is 0 Å². The van der Waals surface area contributed by atoms with E-state index in [1.165, 1.54) is 0 Å². The normalized spacial score (nSPS) is 16.3. The number of hydrogen-bond donors (Lipinski definition) is 3. The molecule has 0 aromatic heterocycles. The lowest BCUT2D eigenvalue weighted by molar-refractivity contribution is -0.463. The molecule has 0 unspecified atom stereocenters. The Morgan fingerprint density at radius 2 is 1.37 bits per heavy atom.